The molecule has 1 N–H and O–H groups in total. The van der Waals surface area contributed by atoms with Crippen molar-refractivity contribution in [1.29, 1.82) is 5.26 Å². The first-order valence-corrected chi connectivity index (χ1v) is 6.31. The molecule has 19 heavy (non-hydrogen) atoms. The van der Waals surface area contributed by atoms with Crippen LogP contribution in [0.1, 0.15) is 12.5 Å². The van der Waals surface area contributed by atoms with Crippen LogP contribution in [0, 0.1) is 16.7 Å². The Kier molecular flexibility index (Phi) is 2.84. The highest BCUT2D eigenvalue weighted by Gasteiger charge is 2.33. The van der Waals surface area contributed by atoms with Gasteiger partial charge in [-0.3, -0.25) is 4.98 Å². The standard InChI is InChI=1S/C15H15N3O/c1-15(9-19-10-15)8-18-14-11(6-16)7-17-13-5-3-2-4-12(13)14/h2-5,7H,8-10H2,1H3,(H,17,18). The smallest absolute Gasteiger partial charge is 0.103 e. The van der Waals surface area contributed by atoms with Crippen molar-refractivity contribution in [1.82, 2.24) is 4.98 Å². The van der Waals surface area contributed by atoms with Crippen LogP contribution in [0.2, 0.25) is 0 Å². The van der Waals surface area contributed by atoms with Gasteiger partial charge in [-0.15, -0.1) is 0 Å². The fourth-order valence-corrected chi connectivity index (χ4v) is 2.27. The number of nitriles is 1. The molecule has 4 heteroatoms. The summed E-state index contributed by atoms with van der Waals surface area (Å²) in [5, 5.41) is 13.6. The Morgan fingerprint density at radius 3 is 2.89 bits per heavy atom. The molecular weight excluding hydrogens is 238 g/mol. The van der Waals surface area contributed by atoms with E-state index >= 15 is 0 Å². The van der Waals surface area contributed by atoms with Crippen LogP contribution in [0.3, 0.4) is 0 Å². The Labute approximate surface area is 112 Å². The number of anilines is 1. The number of aromatic nitrogens is 1. The first-order chi connectivity index (χ1) is 9.22. The van der Waals surface area contributed by atoms with Crippen molar-refractivity contribution >= 4 is 16.6 Å². The van der Waals surface area contributed by atoms with Crippen molar-refractivity contribution in [2.75, 3.05) is 25.1 Å². The monoisotopic (exact) mass is 253 g/mol. The number of hydrogen-bond donors (Lipinski definition) is 1. The average molecular weight is 253 g/mol. The molecular formula is C15H15N3O. The summed E-state index contributed by atoms with van der Waals surface area (Å²) in [6.07, 6.45) is 1.63. The maximum Gasteiger partial charge on any atom is 0.103 e. The second kappa shape index (κ2) is 4.52. The van der Waals surface area contributed by atoms with Gasteiger partial charge < -0.3 is 10.1 Å². The highest BCUT2D eigenvalue weighted by molar-refractivity contribution is 5.93. The fraction of sp³-hybridized carbons (Fsp3) is 0.333. The second-order valence-corrected chi connectivity index (χ2v) is 5.33. The normalized spacial score (nSPS) is 16.6. The number of nitrogens with one attached hydrogen (secondary N) is 1. The van der Waals surface area contributed by atoms with Crippen LogP contribution < -0.4 is 5.32 Å². The lowest BCUT2D eigenvalue weighted by atomic mass is 9.88. The lowest BCUT2D eigenvalue weighted by Crippen LogP contribution is -2.45. The molecule has 1 aliphatic heterocycles. The maximum atomic E-state index is 9.22. The zero-order chi connectivity index (χ0) is 13.3. The minimum Gasteiger partial charge on any atom is -0.383 e. The van der Waals surface area contributed by atoms with E-state index in [0.29, 0.717) is 5.56 Å². The van der Waals surface area contributed by atoms with E-state index in [0.717, 1.165) is 36.3 Å². The summed E-state index contributed by atoms with van der Waals surface area (Å²) in [4.78, 5) is 4.30. The molecule has 0 unspecified atom stereocenters. The number of fused-ring (bicyclic) bond motifs is 1. The van der Waals surface area contributed by atoms with E-state index in [9.17, 15) is 5.26 Å². The summed E-state index contributed by atoms with van der Waals surface area (Å²) in [7, 11) is 0. The Hall–Kier alpha value is -2.12. The molecule has 1 aliphatic rings. The van der Waals surface area contributed by atoms with E-state index in [1.807, 2.05) is 24.3 Å². The zero-order valence-electron chi connectivity index (χ0n) is 10.8. The van der Waals surface area contributed by atoms with Gasteiger partial charge in [-0.2, -0.15) is 5.26 Å². The molecule has 4 nitrogen and oxygen atoms in total. The molecule has 3 rings (SSSR count). The van der Waals surface area contributed by atoms with E-state index in [1.165, 1.54) is 0 Å². The minimum absolute atomic E-state index is 0.164. The number of rotatable bonds is 3. The minimum atomic E-state index is 0.164. The Morgan fingerprint density at radius 2 is 2.21 bits per heavy atom. The molecule has 0 spiro atoms. The molecule has 2 aromatic rings. The number of pyridine rings is 1. The fourth-order valence-electron chi connectivity index (χ4n) is 2.27. The number of hydrogen-bond acceptors (Lipinski definition) is 4. The van der Waals surface area contributed by atoms with Gasteiger partial charge in [-0.25, -0.2) is 0 Å². The molecule has 0 saturated carbocycles. The molecule has 1 fully saturated rings. The van der Waals surface area contributed by atoms with Gasteiger partial charge in [0.1, 0.15) is 6.07 Å². The lowest BCUT2D eigenvalue weighted by molar-refractivity contribution is -0.0924. The number of ether oxygens (including phenoxy) is 1. The van der Waals surface area contributed by atoms with E-state index in [2.05, 4.69) is 23.3 Å². The van der Waals surface area contributed by atoms with Crippen LogP contribution in [0.15, 0.2) is 30.5 Å². The van der Waals surface area contributed by atoms with Crippen LogP contribution in [0.5, 0.6) is 0 Å². The number of nitrogens with zero attached hydrogens (tertiary/aromatic N) is 2. The molecule has 96 valence electrons. The summed E-state index contributed by atoms with van der Waals surface area (Å²) in [5.74, 6) is 0. The quantitative estimate of drug-likeness (QED) is 0.913. The van der Waals surface area contributed by atoms with Crippen LogP contribution >= 0.6 is 0 Å². The summed E-state index contributed by atoms with van der Waals surface area (Å²) in [6, 6.07) is 10.1. The van der Waals surface area contributed by atoms with Crippen LogP contribution in [-0.4, -0.2) is 24.7 Å². The van der Waals surface area contributed by atoms with Gasteiger partial charge in [0.25, 0.3) is 0 Å². The third-order valence-electron chi connectivity index (χ3n) is 3.49. The highest BCUT2D eigenvalue weighted by Crippen LogP contribution is 2.30. The predicted octanol–water partition coefficient (Wildman–Crippen LogP) is 2.55. The van der Waals surface area contributed by atoms with Gasteiger partial charge in [-0.05, 0) is 6.07 Å². The molecule has 0 aliphatic carbocycles. The molecule has 0 atom stereocenters. The van der Waals surface area contributed by atoms with Gasteiger partial charge >= 0.3 is 0 Å². The second-order valence-electron chi connectivity index (χ2n) is 5.33. The summed E-state index contributed by atoms with van der Waals surface area (Å²) < 4.78 is 5.25. The van der Waals surface area contributed by atoms with Gasteiger partial charge in [0.05, 0.1) is 30.0 Å². The van der Waals surface area contributed by atoms with Gasteiger partial charge in [0, 0.05) is 23.5 Å². The molecule has 0 radical (unpaired) electrons. The van der Waals surface area contributed by atoms with Crippen molar-refractivity contribution in [3.05, 3.63) is 36.0 Å². The van der Waals surface area contributed by atoms with Crippen LogP contribution in [0.4, 0.5) is 5.69 Å². The zero-order valence-corrected chi connectivity index (χ0v) is 10.8. The van der Waals surface area contributed by atoms with Crippen molar-refractivity contribution in [2.24, 2.45) is 5.41 Å². The lowest BCUT2D eigenvalue weighted by Gasteiger charge is -2.38. The summed E-state index contributed by atoms with van der Waals surface area (Å²) >= 11 is 0. The molecule has 0 amide bonds. The maximum absolute atomic E-state index is 9.22. The Balaban J connectivity index is 1.98. The number of benzene rings is 1. The third kappa shape index (κ3) is 2.13. The first-order valence-electron chi connectivity index (χ1n) is 6.31. The van der Waals surface area contributed by atoms with E-state index in [1.54, 1.807) is 6.20 Å². The molecule has 0 bridgehead atoms. The Morgan fingerprint density at radius 1 is 1.42 bits per heavy atom. The van der Waals surface area contributed by atoms with Gasteiger partial charge in [-0.1, -0.05) is 25.1 Å². The third-order valence-corrected chi connectivity index (χ3v) is 3.49. The van der Waals surface area contributed by atoms with E-state index < -0.39 is 0 Å². The molecule has 1 saturated heterocycles. The number of para-hydroxylation sites is 1. The van der Waals surface area contributed by atoms with Gasteiger partial charge in [0.15, 0.2) is 0 Å². The average Bonchev–Trinajstić information content (AvgIpc) is 2.42. The van der Waals surface area contributed by atoms with E-state index in [4.69, 9.17) is 4.74 Å². The van der Waals surface area contributed by atoms with Crippen LogP contribution in [-0.2, 0) is 4.74 Å². The van der Waals surface area contributed by atoms with E-state index in [-0.39, 0.29) is 5.41 Å². The predicted molar refractivity (Wildman–Crippen MR) is 73.9 cm³/mol. The molecule has 2 heterocycles. The highest BCUT2D eigenvalue weighted by atomic mass is 16.5. The first kappa shape index (κ1) is 11.9. The molecule has 1 aromatic heterocycles. The SMILES string of the molecule is CC1(CNc2c(C#N)cnc3ccccc23)COC1. The van der Waals surface area contributed by atoms with Crippen LogP contribution in [0.25, 0.3) is 10.9 Å². The summed E-state index contributed by atoms with van der Waals surface area (Å²) in [6.45, 7) is 4.52. The topological polar surface area (TPSA) is 57.9 Å². The van der Waals surface area contributed by atoms with Gasteiger partial charge in [0.2, 0.25) is 0 Å². The molecule has 1 aromatic carbocycles. The Bertz CT molecular complexity index is 656. The summed E-state index contributed by atoms with van der Waals surface area (Å²) in [5.41, 5.74) is 2.53. The largest absolute Gasteiger partial charge is 0.383 e. The van der Waals surface area contributed by atoms with Crippen molar-refractivity contribution in [2.45, 2.75) is 6.92 Å². The van der Waals surface area contributed by atoms with Crippen molar-refractivity contribution < 1.29 is 4.74 Å². The van der Waals surface area contributed by atoms with Crippen molar-refractivity contribution in [3.8, 4) is 6.07 Å². The van der Waals surface area contributed by atoms with Crippen molar-refractivity contribution in [3.63, 3.8) is 0 Å².